The molecule has 0 aromatic heterocycles. The maximum Gasteiger partial charge on any atom is 0.275 e. The molecule has 0 radical (unpaired) electrons. The summed E-state index contributed by atoms with van der Waals surface area (Å²) in [4.78, 5) is 10.5. The minimum Gasteiger partial charge on any atom is -0.496 e. The van der Waals surface area contributed by atoms with Crippen molar-refractivity contribution in [1.29, 1.82) is 0 Å². The van der Waals surface area contributed by atoms with E-state index in [9.17, 15) is 10.1 Å². The van der Waals surface area contributed by atoms with Crippen molar-refractivity contribution in [3.63, 3.8) is 0 Å². The quantitative estimate of drug-likeness (QED) is 0.633. The Hall–Kier alpha value is -1.86. The molecule has 0 spiro atoms. The Morgan fingerprint density at radius 2 is 2.30 bits per heavy atom. The Morgan fingerprint density at radius 3 is 3.00 bits per heavy atom. The van der Waals surface area contributed by atoms with E-state index in [1.165, 1.54) is 19.2 Å². The Balaban J connectivity index is 1.80. The van der Waals surface area contributed by atoms with Crippen LogP contribution in [-0.4, -0.2) is 36.8 Å². The number of nitrogens with one attached hydrogen (secondary N) is 1. The van der Waals surface area contributed by atoms with Crippen molar-refractivity contribution < 1.29 is 14.4 Å². The lowest BCUT2D eigenvalue weighted by Crippen LogP contribution is -2.65. The molecule has 1 saturated heterocycles. The van der Waals surface area contributed by atoms with Gasteiger partial charge < -0.3 is 20.5 Å². The first-order chi connectivity index (χ1) is 9.60. The molecule has 7 nitrogen and oxygen atoms in total. The first-order valence-corrected chi connectivity index (χ1v) is 6.57. The molecule has 108 valence electrons. The van der Waals surface area contributed by atoms with Crippen LogP contribution in [0.1, 0.15) is 6.42 Å². The molecule has 2 aliphatic rings. The van der Waals surface area contributed by atoms with Crippen molar-refractivity contribution in [2.75, 3.05) is 19.0 Å². The molecule has 1 heterocycles. The van der Waals surface area contributed by atoms with Crippen molar-refractivity contribution in [3.05, 3.63) is 28.3 Å². The summed E-state index contributed by atoms with van der Waals surface area (Å²) in [6.07, 6.45) is 1.10. The SMILES string of the molecule is COc1cc(NC2C(N)C3CCOC32)cc([N+](=O)[O-])c1. The summed E-state index contributed by atoms with van der Waals surface area (Å²) in [5, 5.41) is 14.1. The van der Waals surface area contributed by atoms with Gasteiger partial charge in [-0.3, -0.25) is 10.1 Å². The summed E-state index contributed by atoms with van der Waals surface area (Å²) in [5.74, 6) is 0.839. The number of hydrogen-bond acceptors (Lipinski definition) is 6. The van der Waals surface area contributed by atoms with Crippen molar-refractivity contribution in [1.82, 2.24) is 0 Å². The van der Waals surface area contributed by atoms with E-state index in [0.29, 0.717) is 17.4 Å². The maximum atomic E-state index is 10.9. The number of anilines is 1. The average molecular weight is 279 g/mol. The van der Waals surface area contributed by atoms with Crippen LogP contribution < -0.4 is 15.8 Å². The van der Waals surface area contributed by atoms with Gasteiger partial charge in [0.25, 0.3) is 5.69 Å². The second-order valence-electron chi connectivity index (χ2n) is 5.21. The van der Waals surface area contributed by atoms with Gasteiger partial charge in [-0.05, 0) is 6.42 Å². The van der Waals surface area contributed by atoms with Gasteiger partial charge in [-0.25, -0.2) is 0 Å². The third-order valence-corrected chi connectivity index (χ3v) is 4.12. The molecule has 4 unspecified atom stereocenters. The van der Waals surface area contributed by atoms with Crippen LogP contribution in [0, 0.1) is 16.0 Å². The Morgan fingerprint density at radius 1 is 1.50 bits per heavy atom. The first-order valence-electron chi connectivity index (χ1n) is 6.57. The van der Waals surface area contributed by atoms with Gasteiger partial charge in [-0.15, -0.1) is 0 Å². The van der Waals surface area contributed by atoms with E-state index in [-0.39, 0.29) is 23.9 Å². The first kappa shape index (κ1) is 13.1. The number of nitro groups is 1. The van der Waals surface area contributed by atoms with Crippen LogP contribution in [0.4, 0.5) is 11.4 Å². The highest BCUT2D eigenvalue weighted by molar-refractivity contribution is 5.57. The average Bonchev–Trinajstić information content (AvgIpc) is 2.89. The lowest BCUT2D eigenvalue weighted by Gasteiger charge is -2.46. The highest BCUT2D eigenvalue weighted by atomic mass is 16.6. The zero-order chi connectivity index (χ0) is 14.3. The molecule has 3 N–H and O–H groups in total. The predicted molar refractivity (Wildman–Crippen MR) is 72.9 cm³/mol. The lowest BCUT2D eigenvalue weighted by atomic mass is 9.72. The summed E-state index contributed by atoms with van der Waals surface area (Å²) in [7, 11) is 1.48. The van der Waals surface area contributed by atoms with Crippen LogP contribution in [0.25, 0.3) is 0 Å². The molecule has 7 heteroatoms. The lowest BCUT2D eigenvalue weighted by molar-refractivity contribution is -0.384. The molecule has 4 atom stereocenters. The molecule has 2 fully saturated rings. The number of methoxy groups -OCH3 is 1. The normalized spacial score (nSPS) is 31.3. The molecule has 1 aliphatic heterocycles. The van der Waals surface area contributed by atoms with E-state index in [2.05, 4.69) is 5.32 Å². The van der Waals surface area contributed by atoms with Gasteiger partial charge in [0.15, 0.2) is 0 Å². The highest BCUT2D eigenvalue weighted by Crippen LogP contribution is 2.40. The summed E-state index contributed by atoms with van der Waals surface area (Å²) in [6.45, 7) is 0.736. The standard InChI is InChI=1S/C13H17N3O4/c1-19-9-5-7(4-8(6-9)16(17)18)15-12-11(14)10-2-3-20-13(10)12/h4-6,10-13,15H,2-3,14H2,1H3. The van der Waals surface area contributed by atoms with Gasteiger partial charge in [0.1, 0.15) is 5.75 Å². The van der Waals surface area contributed by atoms with Crippen molar-refractivity contribution >= 4 is 11.4 Å². The summed E-state index contributed by atoms with van der Waals surface area (Å²) >= 11 is 0. The second kappa shape index (κ2) is 4.92. The maximum absolute atomic E-state index is 10.9. The molecule has 3 rings (SSSR count). The second-order valence-corrected chi connectivity index (χ2v) is 5.21. The Labute approximate surface area is 116 Å². The molecular weight excluding hydrogens is 262 g/mol. The minimum absolute atomic E-state index is 0.00536. The van der Waals surface area contributed by atoms with Crippen molar-refractivity contribution in [2.45, 2.75) is 24.6 Å². The van der Waals surface area contributed by atoms with E-state index in [1.54, 1.807) is 6.07 Å². The fraction of sp³-hybridized carbons (Fsp3) is 0.538. The topological polar surface area (TPSA) is 99.7 Å². The zero-order valence-electron chi connectivity index (χ0n) is 11.1. The van der Waals surface area contributed by atoms with Crippen molar-refractivity contribution in [3.8, 4) is 5.75 Å². The van der Waals surface area contributed by atoms with Gasteiger partial charge in [-0.2, -0.15) is 0 Å². The summed E-state index contributed by atoms with van der Waals surface area (Å²) < 4.78 is 10.7. The molecule has 0 bridgehead atoms. The third-order valence-electron chi connectivity index (χ3n) is 4.12. The van der Waals surface area contributed by atoms with E-state index in [4.69, 9.17) is 15.2 Å². The van der Waals surface area contributed by atoms with Gasteiger partial charge in [-0.1, -0.05) is 0 Å². The van der Waals surface area contributed by atoms with Crippen LogP contribution in [0.3, 0.4) is 0 Å². The van der Waals surface area contributed by atoms with Crippen LogP contribution in [0.5, 0.6) is 5.75 Å². The van der Waals surface area contributed by atoms with Crippen LogP contribution >= 0.6 is 0 Å². The Kier molecular flexibility index (Phi) is 3.23. The van der Waals surface area contributed by atoms with E-state index in [1.807, 2.05) is 0 Å². The molecule has 1 saturated carbocycles. The number of ether oxygens (including phenoxy) is 2. The van der Waals surface area contributed by atoms with E-state index >= 15 is 0 Å². The smallest absolute Gasteiger partial charge is 0.275 e. The number of nitro benzene ring substituents is 1. The fourth-order valence-electron chi connectivity index (χ4n) is 3.01. The van der Waals surface area contributed by atoms with Gasteiger partial charge >= 0.3 is 0 Å². The van der Waals surface area contributed by atoms with Gasteiger partial charge in [0.05, 0.1) is 30.2 Å². The van der Waals surface area contributed by atoms with E-state index in [0.717, 1.165) is 13.0 Å². The predicted octanol–water partition coefficient (Wildman–Crippen LogP) is 1.13. The molecule has 20 heavy (non-hydrogen) atoms. The number of non-ortho nitro benzene ring substituents is 1. The van der Waals surface area contributed by atoms with Gasteiger partial charge in [0, 0.05) is 36.4 Å². The van der Waals surface area contributed by atoms with Crippen molar-refractivity contribution in [2.24, 2.45) is 11.7 Å². The molecule has 1 aromatic rings. The van der Waals surface area contributed by atoms with E-state index < -0.39 is 4.92 Å². The summed E-state index contributed by atoms with van der Waals surface area (Å²) in [6, 6.07) is 4.61. The van der Waals surface area contributed by atoms with Gasteiger partial charge in [0.2, 0.25) is 0 Å². The zero-order valence-corrected chi connectivity index (χ0v) is 11.1. The molecular formula is C13H17N3O4. The van der Waals surface area contributed by atoms with Crippen LogP contribution in [0.2, 0.25) is 0 Å². The summed E-state index contributed by atoms with van der Waals surface area (Å²) in [5.41, 5.74) is 6.74. The Bertz CT molecular complexity index is 536. The number of fused-ring (bicyclic) bond motifs is 1. The number of nitrogens with zero attached hydrogens (tertiary/aromatic N) is 1. The van der Waals surface area contributed by atoms with Crippen LogP contribution in [0.15, 0.2) is 18.2 Å². The minimum atomic E-state index is -0.441. The largest absolute Gasteiger partial charge is 0.496 e. The number of nitrogens with two attached hydrogens (primary N) is 1. The molecule has 1 aromatic carbocycles. The molecule has 1 aliphatic carbocycles. The number of benzene rings is 1. The monoisotopic (exact) mass is 279 g/mol. The fourth-order valence-corrected chi connectivity index (χ4v) is 3.01. The molecule has 0 amide bonds. The third kappa shape index (κ3) is 2.08. The number of rotatable bonds is 4. The number of hydrogen-bond donors (Lipinski definition) is 2. The highest BCUT2D eigenvalue weighted by Gasteiger charge is 2.52. The van der Waals surface area contributed by atoms with Crippen LogP contribution in [-0.2, 0) is 4.74 Å².